The number of hydrogen-bond acceptors (Lipinski definition) is 7. The number of thioether (sulfide) groups is 1. The summed E-state index contributed by atoms with van der Waals surface area (Å²) in [4.78, 5) is 27.4. The Morgan fingerprint density at radius 3 is 2.87 bits per heavy atom. The number of H-pyrrole nitrogens is 1. The summed E-state index contributed by atoms with van der Waals surface area (Å²) in [5.41, 5.74) is 0.798. The number of aromatic nitrogens is 1. The lowest BCUT2D eigenvalue weighted by molar-refractivity contribution is -0.145. The molecule has 1 aromatic carbocycles. The predicted molar refractivity (Wildman–Crippen MR) is 87.7 cm³/mol. The van der Waals surface area contributed by atoms with Gasteiger partial charge in [-0.05, 0) is 17.7 Å². The Labute approximate surface area is 140 Å². The predicted octanol–water partition coefficient (Wildman–Crippen LogP) is 2.18. The van der Waals surface area contributed by atoms with E-state index in [2.05, 4.69) is 4.98 Å². The third-order valence-corrected chi connectivity index (χ3v) is 6.03. The highest BCUT2D eigenvalue weighted by molar-refractivity contribution is 7.99. The van der Waals surface area contributed by atoms with Crippen LogP contribution in [0.4, 0.5) is 0 Å². The lowest BCUT2D eigenvalue weighted by Gasteiger charge is -2.29. The number of hydrogen-bond donors (Lipinski definition) is 2. The zero-order valence-electron chi connectivity index (χ0n) is 12.5. The van der Waals surface area contributed by atoms with Crippen molar-refractivity contribution in [2.24, 2.45) is 5.92 Å². The summed E-state index contributed by atoms with van der Waals surface area (Å²) in [6.45, 7) is 0. The maximum atomic E-state index is 12.2. The van der Waals surface area contributed by atoms with Crippen LogP contribution < -0.4 is 9.61 Å². The van der Waals surface area contributed by atoms with Crippen molar-refractivity contribution in [3.05, 3.63) is 38.3 Å². The number of esters is 1. The average Bonchev–Trinajstić information content (AvgIpc) is 2.94. The molecule has 0 saturated heterocycles. The van der Waals surface area contributed by atoms with Crippen LogP contribution >= 0.6 is 23.1 Å². The second-order valence-corrected chi connectivity index (χ2v) is 7.10. The highest BCUT2D eigenvalue weighted by Gasteiger charge is 2.39. The molecule has 2 N–H and O–H groups in total. The van der Waals surface area contributed by atoms with E-state index in [1.165, 1.54) is 32.0 Å². The standard InChI is InChI=1S/C15H15NO5S2/c1-20-10-5-7(3-4-9(10)17)11-8(14(18)21-2)6-22-13-12(11)23-15(19)16-13/h3-5,8,11,17H,6H2,1-2H3,(H,16,19)/t8-,11-/m0/s1. The van der Waals surface area contributed by atoms with Gasteiger partial charge >= 0.3 is 10.8 Å². The lowest BCUT2D eigenvalue weighted by Crippen LogP contribution is -2.29. The van der Waals surface area contributed by atoms with E-state index < -0.39 is 5.92 Å². The van der Waals surface area contributed by atoms with Gasteiger partial charge in [-0.3, -0.25) is 9.59 Å². The van der Waals surface area contributed by atoms with Crippen LogP contribution in [-0.4, -0.2) is 36.0 Å². The summed E-state index contributed by atoms with van der Waals surface area (Å²) >= 11 is 2.55. The van der Waals surface area contributed by atoms with Crippen LogP contribution in [0.2, 0.25) is 0 Å². The molecule has 1 aliphatic rings. The van der Waals surface area contributed by atoms with E-state index in [1.54, 1.807) is 12.1 Å². The van der Waals surface area contributed by atoms with Crippen LogP contribution in [0.1, 0.15) is 16.4 Å². The fourth-order valence-corrected chi connectivity index (χ4v) is 5.12. The molecule has 2 aromatic rings. The zero-order valence-corrected chi connectivity index (χ0v) is 14.1. The smallest absolute Gasteiger partial charge is 0.310 e. The molecule has 0 spiro atoms. The van der Waals surface area contributed by atoms with E-state index >= 15 is 0 Å². The zero-order chi connectivity index (χ0) is 16.6. The van der Waals surface area contributed by atoms with Crippen LogP contribution in [0.5, 0.6) is 11.5 Å². The summed E-state index contributed by atoms with van der Waals surface area (Å²) in [6.07, 6.45) is 0. The molecular formula is C15H15NO5S2. The Kier molecular flexibility index (Phi) is 4.36. The van der Waals surface area contributed by atoms with E-state index in [0.717, 1.165) is 26.8 Å². The van der Waals surface area contributed by atoms with Crippen molar-refractivity contribution in [1.29, 1.82) is 0 Å². The SMILES string of the molecule is COC(=O)[C@H]1CSc2[nH]c(=O)sc2[C@H]1c1ccc(O)c(OC)c1. The van der Waals surface area contributed by atoms with Gasteiger partial charge < -0.3 is 19.6 Å². The number of thiazole rings is 1. The molecule has 3 rings (SSSR count). The van der Waals surface area contributed by atoms with E-state index in [1.807, 2.05) is 0 Å². The molecule has 6 nitrogen and oxygen atoms in total. The van der Waals surface area contributed by atoms with Gasteiger partial charge in [0.2, 0.25) is 0 Å². The molecule has 1 aromatic heterocycles. The molecule has 0 saturated carbocycles. The Bertz CT molecular complexity index is 797. The van der Waals surface area contributed by atoms with E-state index in [9.17, 15) is 14.7 Å². The van der Waals surface area contributed by atoms with Crippen molar-refractivity contribution in [3.63, 3.8) is 0 Å². The topological polar surface area (TPSA) is 88.6 Å². The molecule has 0 fully saturated rings. The summed E-state index contributed by atoms with van der Waals surface area (Å²) in [6, 6.07) is 4.96. The highest BCUT2D eigenvalue weighted by Crippen LogP contribution is 2.46. The second-order valence-electron chi connectivity index (χ2n) is 5.06. The minimum absolute atomic E-state index is 0.0264. The molecule has 0 radical (unpaired) electrons. The van der Waals surface area contributed by atoms with E-state index in [0.29, 0.717) is 11.5 Å². The number of benzene rings is 1. The van der Waals surface area contributed by atoms with Crippen molar-refractivity contribution >= 4 is 29.1 Å². The van der Waals surface area contributed by atoms with Crippen molar-refractivity contribution in [1.82, 2.24) is 4.98 Å². The lowest BCUT2D eigenvalue weighted by atomic mass is 9.85. The van der Waals surface area contributed by atoms with Gasteiger partial charge in [0.05, 0.1) is 25.2 Å². The molecule has 2 atom stereocenters. The Hall–Kier alpha value is -1.93. The molecule has 8 heteroatoms. The fourth-order valence-electron chi connectivity index (χ4n) is 2.72. The van der Waals surface area contributed by atoms with E-state index in [4.69, 9.17) is 9.47 Å². The fraction of sp³-hybridized carbons (Fsp3) is 0.333. The number of fused-ring (bicyclic) bond motifs is 1. The van der Waals surface area contributed by atoms with Crippen LogP contribution in [0.25, 0.3) is 0 Å². The first-order chi connectivity index (χ1) is 11.0. The van der Waals surface area contributed by atoms with Gasteiger partial charge in [-0.2, -0.15) is 0 Å². The summed E-state index contributed by atoms with van der Waals surface area (Å²) in [5, 5.41) is 10.6. The largest absolute Gasteiger partial charge is 0.504 e. The van der Waals surface area contributed by atoms with Crippen LogP contribution in [0.15, 0.2) is 28.0 Å². The number of aromatic hydroxyl groups is 1. The number of methoxy groups -OCH3 is 2. The Balaban J connectivity index is 2.14. The summed E-state index contributed by atoms with van der Waals surface area (Å²) in [7, 11) is 2.82. The molecule has 2 heterocycles. The minimum atomic E-state index is -0.404. The number of nitrogens with one attached hydrogen (secondary N) is 1. The number of phenolic OH excluding ortho intramolecular Hbond substituents is 1. The quantitative estimate of drug-likeness (QED) is 0.822. The molecule has 0 unspecified atom stereocenters. The van der Waals surface area contributed by atoms with Gasteiger partial charge in [0.1, 0.15) is 0 Å². The minimum Gasteiger partial charge on any atom is -0.504 e. The number of carbonyl (C=O) groups is 1. The monoisotopic (exact) mass is 353 g/mol. The number of ether oxygens (including phenoxy) is 2. The van der Waals surface area contributed by atoms with Crippen molar-refractivity contribution < 1.29 is 19.4 Å². The maximum Gasteiger partial charge on any atom is 0.310 e. The normalized spacial score (nSPS) is 19.9. The Morgan fingerprint density at radius 2 is 2.17 bits per heavy atom. The van der Waals surface area contributed by atoms with Crippen molar-refractivity contribution in [2.45, 2.75) is 10.9 Å². The number of rotatable bonds is 3. The molecule has 1 aliphatic heterocycles. The van der Waals surface area contributed by atoms with E-state index in [-0.39, 0.29) is 22.5 Å². The molecule has 0 bridgehead atoms. The molecule has 0 aliphatic carbocycles. The maximum absolute atomic E-state index is 12.2. The molecule has 0 amide bonds. The van der Waals surface area contributed by atoms with Crippen LogP contribution in [0, 0.1) is 5.92 Å². The van der Waals surface area contributed by atoms with Gasteiger partial charge in [-0.25, -0.2) is 0 Å². The number of aromatic amines is 1. The van der Waals surface area contributed by atoms with Crippen LogP contribution in [-0.2, 0) is 9.53 Å². The first-order valence-corrected chi connectivity index (χ1v) is 8.66. The van der Waals surface area contributed by atoms with Gasteiger partial charge in [-0.1, -0.05) is 17.4 Å². The first-order valence-electron chi connectivity index (χ1n) is 6.85. The molecule has 23 heavy (non-hydrogen) atoms. The number of phenols is 1. The first kappa shape index (κ1) is 15.9. The van der Waals surface area contributed by atoms with Gasteiger partial charge in [0.15, 0.2) is 11.5 Å². The Morgan fingerprint density at radius 1 is 1.39 bits per heavy atom. The van der Waals surface area contributed by atoms with Gasteiger partial charge in [-0.15, -0.1) is 11.8 Å². The third-order valence-electron chi connectivity index (χ3n) is 3.80. The summed E-state index contributed by atoms with van der Waals surface area (Å²) in [5.74, 6) is -0.163. The second kappa shape index (κ2) is 6.29. The molecular weight excluding hydrogens is 338 g/mol. The van der Waals surface area contributed by atoms with Gasteiger partial charge in [0, 0.05) is 16.5 Å². The number of carbonyl (C=O) groups excluding carboxylic acids is 1. The van der Waals surface area contributed by atoms with Crippen molar-refractivity contribution in [3.8, 4) is 11.5 Å². The third kappa shape index (κ3) is 2.84. The summed E-state index contributed by atoms with van der Waals surface area (Å²) < 4.78 is 10.1. The van der Waals surface area contributed by atoms with Gasteiger partial charge in [0.25, 0.3) is 0 Å². The highest BCUT2D eigenvalue weighted by atomic mass is 32.2. The van der Waals surface area contributed by atoms with Crippen LogP contribution in [0.3, 0.4) is 0 Å². The van der Waals surface area contributed by atoms with Crippen molar-refractivity contribution in [2.75, 3.05) is 20.0 Å². The average molecular weight is 353 g/mol. The molecule has 122 valence electrons.